The van der Waals surface area contributed by atoms with Gasteiger partial charge in [0, 0.05) is 0 Å². The summed E-state index contributed by atoms with van der Waals surface area (Å²) in [7, 11) is 11.6. The predicted molar refractivity (Wildman–Crippen MR) is 161 cm³/mol. The molecule has 0 N–H and O–H groups in total. The molecule has 0 atom stereocenters. The third kappa shape index (κ3) is 9.38. The Bertz CT molecular complexity index is 1100. The first-order valence-electron chi connectivity index (χ1n) is 13.9. The van der Waals surface area contributed by atoms with Gasteiger partial charge in [-0.15, -0.1) is 82.2 Å². The summed E-state index contributed by atoms with van der Waals surface area (Å²) in [6, 6.07) is 26.4. The van der Waals surface area contributed by atoms with Crippen molar-refractivity contribution in [2.75, 3.05) is 0 Å². The maximum absolute atomic E-state index is 5.81. The summed E-state index contributed by atoms with van der Waals surface area (Å²) in [6.07, 6.45) is 15.6. The third-order valence-electron chi connectivity index (χ3n) is 7.12. The maximum atomic E-state index is 5.81. The van der Waals surface area contributed by atoms with E-state index in [9.17, 15) is 0 Å². The molecule has 0 nitrogen and oxygen atoms in total. The summed E-state index contributed by atoms with van der Waals surface area (Å²) in [4.78, 5) is 0. The van der Waals surface area contributed by atoms with Gasteiger partial charge < -0.3 is 0 Å². The van der Waals surface area contributed by atoms with Crippen LogP contribution in [0.2, 0.25) is 0 Å². The van der Waals surface area contributed by atoms with Crippen LogP contribution < -0.4 is 0 Å². The number of hydrogen-bond donors (Lipinski definition) is 0. The van der Waals surface area contributed by atoms with E-state index in [-0.39, 0.29) is 0 Å². The monoisotopic (exact) mass is 598 g/mol. The Hall–Kier alpha value is -1.01. The van der Waals surface area contributed by atoms with Crippen LogP contribution >= 0.6 is 17.0 Å². The number of hydrogen-bond acceptors (Lipinski definition) is 0. The first-order valence-corrected chi connectivity index (χ1v) is 21.5. The number of aryl methyl sites for hydroxylation is 2. The van der Waals surface area contributed by atoms with Gasteiger partial charge in [0.05, 0.1) is 0 Å². The second kappa shape index (κ2) is 16.8. The number of rotatable bonds is 8. The Morgan fingerprint density at radius 1 is 0.667 bits per heavy atom. The molecular weight excluding hydrogens is 558 g/mol. The molecule has 0 aromatic heterocycles. The van der Waals surface area contributed by atoms with Gasteiger partial charge in [-0.25, -0.2) is 0 Å². The van der Waals surface area contributed by atoms with Crippen molar-refractivity contribution in [1.82, 2.24) is 0 Å². The van der Waals surface area contributed by atoms with Crippen LogP contribution in [-0.2, 0) is 31.7 Å². The van der Waals surface area contributed by atoms with Gasteiger partial charge in [0.1, 0.15) is 0 Å². The SMILES string of the molecule is CCCCCc1c[cH-]c2ccccc12.CCCCCc1c[cH-]c2ccccc12.[Cl][Zr]([Cl])=[C]1CCCC1. The molecule has 0 radical (unpaired) electrons. The summed E-state index contributed by atoms with van der Waals surface area (Å²) in [5, 5.41) is 5.67. The number of benzene rings is 2. The van der Waals surface area contributed by atoms with Gasteiger partial charge in [-0.3, -0.25) is 0 Å². The van der Waals surface area contributed by atoms with Crippen LogP contribution in [0.25, 0.3) is 21.5 Å². The van der Waals surface area contributed by atoms with E-state index in [4.69, 9.17) is 17.0 Å². The van der Waals surface area contributed by atoms with Crippen LogP contribution in [0.4, 0.5) is 0 Å². The molecule has 4 aromatic carbocycles. The normalized spacial score (nSPS) is 12.8. The molecule has 1 aliphatic carbocycles. The average Bonchev–Trinajstić information content (AvgIpc) is 3.66. The van der Waals surface area contributed by atoms with Crippen molar-refractivity contribution in [3.05, 3.63) is 83.9 Å². The molecule has 0 unspecified atom stereocenters. The fourth-order valence-electron chi connectivity index (χ4n) is 4.99. The molecule has 5 rings (SSSR count). The van der Waals surface area contributed by atoms with Crippen molar-refractivity contribution in [3.8, 4) is 0 Å². The Morgan fingerprint density at radius 3 is 1.50 bits per heavy atom. The molecule has 1 fully saturated rings. The van der Waals surface area contributed by atoms with Crippen LogP contribution in [0, 0.1) is 0 Å². The minimum absolute atomic E-state index is 1.24. The second-order valence-electron chi connectivity index (χ2n) is 9.88. The Morgan fingerprint density at radius 2 is 1.11 bits per heavy atom. The van der Waals surface area contributed by atoms with Gasteiger partial charge in [0.2, 0.25) is 0 Å². The zero-order valence-corrected chi connectivity index (χ0v) is 26.1. The molecule has 1 aliphatic rings. The van der Waals surface area contributed by atoms with E-state index in [2.05, 4.69) is 86.6 Å². The molecule has 1 saturated carbocycles. The number of unbranched alkanes of at least 4 members (excludes halogenated alkanes) is 4. The Balaban J connectivity index is 0.000000157. The third-order valence-corrected chi connectivity index (χ3v) is 12.8. The quantitative estimate of drug-likeness (QED) is 0.139. The van der Waals surface area contributed by atoms with Gasteiger partial charge >= 0.3 is 64.8 Å². The molecule has 36 heavy (non-hydrogen) atoms. The first-order chi connectivity index (χ1) is 17.6. The Kier molecular flexibility index (Phi) is 13.8. The number of fused-ring (bicyclic) bond motifs is 2. The molecule has 0 bridgehead atoms. The summed E-state index contributed by atoms with van der Waals surface area (Å²) in [5.74, 6) is 0. The van der Waals surface area contributed by atoms with E-state index >= 15 is 0 Å². The van der Waals surface area contributed by atoms with E-state index in [1.807, 2.05) is 0 Å². The van der Waals surface area contributed by atoms with E-state index in [1.54, 1.807) is 0 Å². The van der Waals surface area contributed by atoms with E-state index in [0.29, 0.717) is 0 Å². The van der Waals surface area contributed by atoms with E-state index < -0.39 is 18.9 Å². The summed E-state index contributed by atoms with van der Waals surface area (Å²) in [6.45, 7) is 4.51. The van der Waals surface area contributed by atoms with Crippen molar-refractivity contribution >= 4 is 41.8 Å². The summed E-state index contributed by atoms with van der Waals surface area (Å²) >= 11 is -1.85. The second-order valence-corrected chi connectivity index (χ2v) is 18.5. The van der Waals surface area contributed by atoms with Crippen LogP contribution in [0.3, 0.4) is 0 Å². The molecule has 4 aromatic rings. The van der Waals surface area contributed by atoms with Crippen molar-refractivity contribution in [3.63, 3.8) is 0 Å². The summed E-state index contributed by atoms with van der Waals surface area (Å²) < 4.78 is 1.52. The minimum atomic E-state index is -1.85. The van der Waals surface area contributed by atoms with Gasteiger partial charge in [-0.2, -0.15) is 11.1 Å². The average molecular weight is 601 g/mol. The zero-order chi connectivity index (χ0) is 25.6. The Labute approximate surface area is 234 Å². The molecule has 0 aliphatic heterocycles. The van der Waals surface area contributed by atoms with Gasteiger partial charge in [0.25, 0.3) is 0 Å². The number of halogens is 2. The van der Waals surface area contributed by atoms with Gasteiger partial charge in [-0.1, -0.05) is 77.3 Å². The van der Waals surface area contributed by atoms with Crippen molar-refractivity contribution < 1.29 is 18.9 Å². The van der Waals surface area contributed by atoms with Crippen LogP contribution in [-0.4, -0.2) is 3.21 Å². The van der Waals surface area contributed by atoms with E-state index in [1.165, 1.54) is 113 Å². The van der Waals surface area contributed by atoms with Crippen molar-refractivity contribution in [1.29, 1.82) is 0 Å². The molecule has 0 heterocycles. The fraction of sp³-hybridized carbons (Fsp3) is 0.424. The molecule has 3 heteroatoms. The molecule has 0 spiro atoms. The molecule has 0 saturated heterocycles. The van der Waals surface area contributed by atoms with Crippen molar-refractivity contribution in [2.24, 2.45) is 0 Å². The topological polar surface area (TPSA) is 0 Å². The first kappa shape index (κ1) is 29.5. The molecule has 0 amide bonds. The van der Waals surface area contributed by atoms with Crippen LogP contribution in [0.1, 0.15) is 89.2 Å². The van der Waals surface area contributed by atoms with Gasteiger partial charge in [-0.05, 0) is 0 Å². The fourth-order valence-corrected chi connectivity index (χ4v) is 9.02. The van der Waals surface area contributed by atoms with Crippen LogP contribution in [0.5, 0.6) is 0 Å². The molecule has 194 valence electrons. The zero-order valence-electron chi connectivity index (χ0n) is 22.2. The van der Waals surface area contributed by atoms with Crippen LogP contribution in [0.15, 0.2) is 72.8 Å². The summed E-state index contributed by atoms with van der Waals surface area (Å²) in [5.41, 5.74) is 3.04. The van der Waals surface area contributed by atoms with Crippen molar-refractivity contribution in [2.45, 2.75) is 90.9 Å². The van der Waals surface area contributed by atoms with E-state index in [0.717, 1.165) is 0 Å². The standard InChI is InChI=1S/2C14H17.C5H8.2ClH.Zr/c2*1-2-3-4-7-12-10-11-13-8-5-6-9-14(12)13;1-2-4-5-3-1;;;/h2*5-6,8-11H,2-4,7H2,1H3;1-4H2;2*1H;/q2*-1;;;;+2/p-2. The predicted octanol–water partition coefficient (Wildman–Crippen LogP) is 11.2. The van der Waals surface area contributed by atoms with Gasteiger partial charge in [0.15, 0.2) is 0 Å². The molecular formula is C33H42Cl2Zr-2.